The Kier molecular flexibility index (Phi) is 6.94. The smallest absolute Gasteiger partial charge is 0.333 e. The molecule has 1 atom stereocenters. The predicted octanol–water partition coefficient (Wildman–Crippen LogP) is 3.14. The third-order valence-electron chi connectivity index (χ3n) is 3.31. The number of nitrogens with one attached hydrogen (secondary N) is 1. The number of benzene rings is 1. The summed E-state index contributed by atoms with van der Waals surface area (Å²) in [7, 11) is 0. The Morgan fingerprint density at radius 3 is 2.52 bits per heavy atom. The molecule has 0 spiro atoms. The third-order valence-corrected chi connectivity index (χ3v) is 3.31. The molecule has 118 valence electrons. The van der Waals surface area contributed by atoms with Crippen molar-refractivity contribution in [2.24, 2.45) is 0 Å². The molecule has 1 rings (SSSR count). The summed E-state index contributed by atoms with van der Waals surface area (Å²) in [6.45, 7) is 11.2. The zero-order valence-corrected chi connectivity index (χ0v) is 13.3. The van der Waals surface area contributed by atoms with Crippen LogP contribution in [-0.4, -0.2) is 42.1 Å². The molecule has 0 aliphatic carbocycles. The third kappa shape index (κ3) is 4.90. The van der Waals surface area contributed by atoms with E-state index in [-0.39, 0.29) is 11.7 Å². The molecule has 0 saturated carbocycles. The van der Waals surface area contributed by atoms with E-state index in [1.165, 1.54) is 0 Å². The summed E-state index contributed by atoms with van der Waals surface area (Å²) in [5.41, 5.74) is 0.511. The van der Waals surface area contributed by atoms with Crippen molar-refractivity contribution in [3.8, 4) is 5.75 Å². The maximum absolute atomic E-state index is 11.3. The van der Waals surface area contributed by atoms with Gasteiger partial charge in [-0.2, -0.15) is 0 Å². The minimum absolute atomic E-state index is 0.00532. The molecule has 21 heavy (non-hydrogen) atoms. The number of nitro benzene ring substituents is 1. The number of para-hydroxylation sites is 1. The maximum Gasteiger partial charge on any atom is 0.333 e. The van der Waals surface area contributed by atoms with Crippen LogP contribution in [0.1, 0.15) is 27.7 Å². The summed E-state index contributed by atoms with van der Waals surface area (Å²) in [4.78, 5) is 13.2. The van der Waals surface area contributed by atoms with Crippen LogP contribution in [0.2, 0.25) is 0 Å². The molecule has 0 heterocycles. The Bertz CT molecular complexity index is 461. The van der Waals surface area contributed by atoms with Gasteiger partial charge in [0.2, 0.25) is 0 Å². The van der Waals surface area contributed by atoms with E-state index >= 15 is 0 Å². The van der Waals surface area contributed by atoms with Crippen molar-refractivity contribution in [3.05, 3.63) is 28.3 Å². The molecule has 1 unspecified atom stereocenters. The van der Waals surface area contributed by atoms with E-state index < -0.39 is 4.92 Å². The summed E-state index contributed by atoms with van der Waals surface area (Å²) in [5.74, 6) is 0.308. The van der Waals surface area contributed by atoms with E-state index in [0.29, 0.717) is 18.0 Å². The second-order valence-electron chi connectivity index (χ2n) is 4.87. The van der Waals surface area contributed by atoms with Crippen molar-refractivity contribution in [1.29, 1.82) is 0 Å². The van der Waals surface area contributed by atoms with Gasteiger partial charge in [0.25, 0.3) is 0 Å². The first-order valence-electron chi connectivity index (χ1n) is 7.42. The number of likely N-dealkylation sites (N-methyl/N-ethyl adjacent to an activating group) is 1. The van der Waals surface area contributed by atoms with Crippen molar-refractivity contribution < 1.29 is 9.66 Å². The highest BCUT2D eigenvalue weighted by Gasteiger charge is 2.22. The molecule has 1 N–H and O–H groups in total. The molecule has 0 aromatic heterocycles. The fourth-order valence-corrected chi connectivity index (χ4v) is 2.28. The SMILES string of the molecule is CCOc1cccc(NC(C)CN(CC)CC)c1[N+](=O)[O-]. The Balaban J connectivity index is 2.91. The van der Waals surface area contributed by atoms with Gasteiger partial charge in [0, 0.05) is 12.6 Å². The monoisotopic (exact) mass is 295 g/mol. The highest BCUT2D eigenvalue weighted by Crippen LogP contribution is 2.35. The number of ether oxygens (including phenoxy) is 1. The lowest BCUT2D eigenvalue weighted by molar-refractivity contribution is -0.385. The topological polar surface area (TPSA) is 67.6 Å². The first-order chi connectivity index (χ1) is 10.0. The highest BCUT2D eigenvalue weighted by molar-refractivity contribution is 5.68. The predicted molar refractivity (Wildman–Crippen MR) is 85.1 cm³/mol. The molecule has 0 radical (unpaired) electrons. The van der Waals surface area contributed by atoms with Gasteiger partial charge in [-0.1, -0.05) is 19.9 Å². The molecular weight excluding hydrogens is 270 g/mol. The van der Waals surface area contributed by atoms with Gasteiger partial charge in [-0.15, -0.1) is 0 Å². The lowest BCUT2D eigenvalue weighted by Gasteiger charge is -2.24. The van der Waals surface area contributed by atoms with E-state index in [1.807, 2.05) is 13.8 Å². The Morgan fingerprint density at radius 1 is 1.33 bits per heavy atom. The fraction of sp³-hybridized carbons (Fsp3) is 0.600. The van der Waals surface area contributed by atoms with Gasteiger partial charge >= 0.3 is 5.69 Å². The second-order valence-corrected chi connectivity index (χ2v) is 4.87. The average Bonchev–Trinajstić information content (AvgIpc) is 2.45. The molecule has 0 bridgehead atoms. The lowest BCUT2D eigenvalue weighted by atomic mass is 10.2. The lowest BCUT2D eigenvalue weighted by Crippen LogP contribution is -2.34. The van der Waals surface area contributed by atoms with E-state index in [0.717, 1.165) is 19.6 Å². The number of hydrogen-bond donors (Lipinski definition) is 1. The molecule has 6 nitrogen and oxygen atoms in total. The molecule has 1 aromatic rings. The average molecular weight is 295 g/mol. The fourth-order valence-electron chi connectivity index (χ4n) is 2.28. The van der Waals surface area contributed by atoms with Gasteiger partial charge in [-0.05, 0) is 39.1 Å². The molecule has 6 heteroatoms. The first-order valence-corrected chi connectivity index (χ1v) is 7.42. The Hall–Kier alpha value is -1.82. The van der Waals surface area contributed by atoms with Gasteiger partial charge in [0.05, 0.1) is 11.5 Å². The molecule has 0 fully saturated rings. The number of nitro groups is 1. The number of nitrogens with zero attached hydrogens (tertiary/aromatic N) is 2. The second kappa shape index (κ2) is 8.46. The molecule has 0 saturated heterocycles. The minimum Gasteiger partial charge on any atom is -0.487 e. The van der Waals surface area contributed by atoms with E-state index in [1.54, 1.807) is 18.2 Å². The summed E-state index contributed by atoms with van der Waals surface area (Å²) >= 11 is 0. The summed E-state index contributed by atoms with van der Waals surface area (Å²) < 4.78 is 5.35. The van der Waals surface area contributed by atoms with Crippen LogP contribution < -0.4 is 10.1 Å². The van der Waals surface area contributed by atoms with E-state index in [4.69, 9.17) is 4.74 Å². The van der Waals surface area contributed by atoms with Gasteiger partial charge in [-0.25, -0.2) is 0 Å². The summed E-state index contributed by atoms with van der Waals surface area (Å²) in [6, 6.07) is 5.23. The van der Waals surface area contributed by atoms with Crippen LogP contribution in [-0.2, 0) is 0 Å². The van der Waals surface area contributed by atoms with Crippen LogP contribution in [0.25, 0.3) is 0 Å². The van der Waals surface area contributed by atoms with Crippen LogP contribution in [0, 0.1) is 10.1 Å². The summed E-state index contributed by atoms with van der Waals surface area (Å²) in [5, 5.41) is 14.5. The maximum atomic E-state index is 11.3. The number of hydrogen-bond acceptors (Lipinski definition) is 5. The molecule has 0 aliphatic rings. The summed E-state index contributed by atoms with van der Waals surface area (Å²) in [6.07, 6.45) is 0. The van der Waals surface area contributed by atoms with Crippen molar-refractivity contribution in [2.75, 3.05) is 31.6 Å². The van der Waals surface area contributed by atoms with Crippen LogP contribution >= 0.6 is 0 Å². The van der Waals surface area contributed by atoms with Crippen molar-refractivity contribution >= 4 is 11.4 Å². The first kappa shape index (κ1) is 17.2. The standard InChI is InChI=1S/C15H25N3O3/c1-5-17(6-2)11-12(4)16-13-9-8-10-14(21-7-3)15(13)18(19)20/h8-10,12,16H,5-7,11H2,1-4H3. The Morgan fingerprint density at radius 2 is 2.00 bits per heavy atom. The van der Waals surface area contributed by atoms with Gasteiger partial charge < -0.3 is 15.0 Å². The van der Waals surface area contributed by atoms with Gasteiger partial charge in [-0.3, -0.25) is 10.1 Å². The van der Waals surface area contributed by atoms with E-state index in [9.17, 15) is 10.1 Å². The zero-order chi connectivity index (χ0) is 15.8. The van der Waals surface area contributed by atoms with Gasteiger partial charge in [0.1, 0.15) is 5.69 Å². The van der Waals surface area contributed by atoms with Crippen LogP contribution in [0.3, 0.4) is 0 Å². The highest BCUT2D eigenvalue weighted by atomic mass is 16.6. The minimum atomic E-state index is -0.391. The zero-order valence-electron chi connectivity index (χ0n) is 13.3. The number of anilines is 1. The molecule has 0 amide bonds. The van der Waals surface area contributed by atoms with Crippen molar-refractivity contribution in [3.63, 3.8) is 0 Å². The molecular formula is C15H25N3O3. The van der Waals surface area contributed by atoms with Crippen LogP contribution in [0.5, 0.6) is 5.75 Å². The normalized spacial score (nSPS) is 12.2. The van der Waals surface area contributed by atoms with Crippen LogP contribution in [0.15, 0.2) is 18.2 Å². The quantitative estimate of drug-likeness (QED) is 0.560. The Labute approximate surface area is 126 Å². The van der Waals surface area contributed by atoms with E-state index in [2.05, 4.69) is 24.1 Å². The van der Waals surface area contributed by atoms with Crippen LogP contribution in [0.4, 0.5) is 11.4 Å². The van der Waals surface area contributed by atoms with Crippen molar-refractivity contribution in [1.82, 2.24) is 4.90 Å². The number of rotatable bonds is 9. The molecule has 0 aliphatic heterocycles. The van der Waals surface area contributed by atoms with Crippen molar-refractivity contribution in [2.45, 2.75) is 33.7 Å². The largest absolute Gasteiger partial charge is 0.487 e. The molecule has 1 aromatic carbocycles. The van der Waals surface area contributed by atoms with Gasteiger partial charge in [0.15, 0.2) is 5.75 Å².